The smallest absolute Gasteiger partial charge is 0.123 e. The highest BCUT2D eigenvalue weighted by Gasteiger charge is 2.28. The van der Waals surface area contributed by atoms with Gasteiger partial charge in [-0.15, -0.1) is 0 Å². The van der Waals surface area contributed by atoms with E-state index in [1.165, 1.54) is 47.2 Å². The summed E-state index contributed by atoms with van der Waals surface area (Å²) in [6.45, 7) is 3.76. The average molecular weight is 507 g/mol. The van der Waals surface area contributed by atoms with Gasteiger partial charge in [0.25, 0.3) is 0 Å². The van der Waals surface area contributed by atoms with Gasteiger partial charge in [0.05, 0.1) is 6.04 Å². The maximum Gasteiger partial charge on any atom is 0.123 e. The van der Waals surface area contributed by atoms with E-state index in [1.54, 1.807) is 12.1 Å². The normalized spacial score (nSPS) is 17.2. The van der Waals surface area contributed by atoms with E-state index in [0.717, 1.165) is 43.9 Å². The van der Waals surface area contributed by atoms with Crippen molar-refractivity contribution in [1.82, 2.24) is 0 Å². The van der Waals surface area contributed by atoms with E-state index in [4.69, 9.17) is 4.74 Å². The molecule has 1 fully saturated rings. The molecular weight excluding hydrogens is 471 g/mol. The molecular formula is C34H35FN2O. The molecule has 0 aliphatic carbocycles. The standard InChI is InChI=1S/C34H35FN2O/c35-29-11-15-31(16-12-29)37-22-19-28-24-32(38-25-27-7-3-1-4-8-27)17-18-33(28)34(37)23-26-9-13-30(14-10-26)36-20-5-2-6-21-36/h1,3-4,7-18,24,34H,2,5-6,19-23,25H2. The number of hydrogen-bond donors (Lipinski definition) is 0. The molecule has 1 saturated heterocycles. The SMILES string of the molecule is Fc1ccc(N2CCc3cc(OCc4ccccc4)ccc3C2Cc2ccc(N3CCCCC3)cc2)cc1. The van der Waals surface area contributed by atoms with Crippen LogP contribution in [0.4, 0.5) is 15.8 Å². The minimum atomic E-state index is -0.198. The maximum atomic E-state index is 13.7. The molecule has 0 radical (unpaired) electrons. The number of fused-ring (bicyclic) bond motifs is 1. The van der Waals surface area contributed by atoms with Gasteiger partial charge in [-0.3, -0.25) is 0 Å². The summed E-state index contributed by atoms with van der Waals surface area (Å²) in [6.07, 6.45) is 5.73. The lowest BCUT2D eigenvalue weighted by atomic mass is 9.88. The topological polar surface area (TPSA) is 15.7 Å². The van der Waals surface area contributed by atoms with Gasteiger partial charge in [0, 0.05) is 31.0 Å². The summed E-state index contributed by atoms with van der Waals surface area (Å²) in [5, 5.41) is 0. The van der Waals surface area contributed by atoms with E-state index in [-0.39, 0.29) is 11.9 Å². The van der Waals surface area contributed by atoms with E-state index >= 15 is 0 Å². The monoisotopic (exact) mass is 506 g/mol. The van der Waals surface area contributed by atoms with Crippen LogP contribution in [0.25, 0.3) is 0 Å². The van der Waals surface area contributed by atoms with Crippen molar-refractivity contribution in [1.29, 1.82) is 0 Å². The Morgan fingerprint density at radius 2 is 1.45 bits per heavy atom. The summed E-state index contributed by atoms with van der Waals surface area (Å²) in [7, 11) is 0. The number of benzene rings is 4. The summed E-state index contributed by atoms with van der Waals surface area (Å²) >= 11 is 0. The molecule has 4 heteroatoms. The molecule has 0 spiro atoms. The summed E-state index contributed by atoms with van der Waals surface area (Å²) < 4.78 is 19.9. The molecule has 0 bridgehead atoms. The zero-order valence-electron chi connectivity index (χ0n) is 21.9. The van der Waals surface area contributed by atoms with Crippen LogP contribution in [0.1, 0.15) is 47.6 Å². The van der Waals surface area contributed by atoms with Gasteiger partial charge in [-0.25, -0.2) is 4.39 Å². The van der Waals surface area contributed by atoms with Crippen LogP contribution in [0.2, 0.25) is 0 Å². The van der Waals surface area contributed by atoms with Crippen molar-refractivity contribution in [2.75, 3.05) is 29.4 Å². The predicted molar refractivity (Wildman–Crippen MR) is 154 cm³/mol. The molecule has 4 aromatic carbocycles. The molecule has 3 nitrogen and oxygen atoms in total. The van der Waals surface area contributed by atoms with Gasteiger partial charge in [0.1, 0.15) is 18.2 Å². The van der Waals surface area contributed by atoms with Crippen LogP contribution < -0.4 is 14.5 Å². The molecule has 2 aliphatic heterocycles. The Morgan fingerprint density at radius 1 is 0.711 bits per heavy atom. The van der Waals surface area contributed by atoms with Crippen molar-refractivity contribution in [3.05, 3.63) is 125 Å². The Bertz CT molecular complexity index is 1330. The molecule has 6 rings (SSSR count). The fourth-order valence-corrected chi connectivity index (χ4v) is 5.90. The number of halogens is 1. The molecule has 1 atom stereocenters. The molecule has 0 aromatic heterocycles. The number of anilines is 2. The zero-order valence-corrected chi connectivity index (χ0v) is 21.9. The Morgan fingerprint density at radius 3 is 2.21 bits per heavy atom. The molecule has 4 aromatic rings. The van der Waals surface area contributed by atoms with Gasteiger partial charge in [-0.05, 0) is 103 Å². The van der Waals surface area contributed by atoms with Crippen LogP contribution >= 0.6 is 0 Å². The first-order chi connectivity index (χ1) is 18.7. The van der Waals surface area contributed by atoms with E-state index < -0.39 is 0 Å². The summed E-state index contributed by atoms with van der Waals surface area (Å²) in [5.41, 5.74) is 7.54. The maximum absolute atomic E-state index is 13.7. The summed E-state index contributed by atoms with van der Waals surface area (Å²) in [5.74, 6) is 0.712. The highest BCUT2D eigenvalue weighted by Crippen LogP contribution is 2.38. The number of nitrogens with zero attached hydrogens (tertiary/aromatic N) is 2. The third-order valence-electron chi connectivity index (χ3n) is 7.96. The Balaban J connectivity index is 1.25. The van der Waals surface area contributed by atoms with Crippen molar-refractivity contribution >= 4 is 11.4 Å². The molecule has 2 heterocycles. The predicted octanol–water partition coefficient (Wildman–Crippen LogP) is 7.74. The highest BCUT2D eigenvalue weighted by molar-refractivity contribution is 5.54. The lowest BCUT2D eigenvalue weighted by Gasteiger charge is -2.39. The first-order valence-electron chi connectivity index (χ1n) is 13.9. The Hall–Kier alpha value is -3.79. The molecule has 0 amide bonds. The van der Waals surface area contributed by atoms with Crippen LogP contribution in [0, 0.1) is 5.82 Å². The molecule has 194 valence electrons. The minimum absolute atomic E-state index is 0.174. The van der Waals surface area contributed by atoms with Crippen molar-refractivity contribution in [2.24, 2.45) is 0 Å². The molecule has 0 saturated carbocycles. The first-order valence-corrected chi connectivity index (χ1v) is 13.9. The lowest BCUT2D eigenvalue weighted by molar-refractivity contribution is 0.305. The van der Waals surface area contributed by atoms with E-state index in [1.807, 2.05) is 30.3 Å². The van der Waals surface area contributed by atoms with Gasteiger partial charge in [-0.2, -0.15) is 0 Å². The number of hydrogen-bond acceptors (Lipinski definition) is 3. The quantitative estimate of drug-likeness (QED) is 0.255. The molecule has 2 aliphatic rings. The largest absolute Gasteiger partial charge is 0.489 e. The number of rotatable bonds is 7. The van der Waals surface area contributed by atoms with Crippen LogP contribution in [0.5, 0.6) is 5.75 Å². The van der Waals surface area contributed by atoms with Gasteiger partial charge >= 0.3 is 0 Å². The van der Waals surface area contributed by atoms with E-state index in [0.29, 0.717) is 6.61 Å². The summed E-state index contributed by atoms with van der Waals surface area (Å²) in [4.78, 5) is 4.94. The van der Waals surface area contributed by atoms with Gasteiger partial charge in [0.15, 0.2) is 0 Å². The lowest BCUT2D eigenvalue weighted by Crippen LogP contribution is -2.36. The Labute approximate surface area is 225 Å². The van der Waals surface area contributed by atoms with Crippen LogP contribution in [0.3, 0.4) is 0 Å². The van der Waals surface area contributed by atoms with Crippen LogP contribution in [-0.4, -0.2) is 19.6 Å². The third kappa shape index (κ3) is 5.55. The van der Waals surface area contributed by atoms with Crippen molar-refractivity contribution in [2.45, 2.75) is 44.8 Å². The summed E-state index contributed by atoms with van der Waals surface area (Å²) in [6, 6.07) is 33.1. The molecule has 1 unspecified atom stereocenters. The number of piperidine rings is 1. The van der Waals surface area contributed by atoms with Gasteiger partial charge < -0.3 is 14.5 Å². The van der Waals surface area contributed by atoms with Gasteiger partial charge in [0.2, 0.25) is 0 Å². The minimum Gasteiger partial charge on any atom is -0.489 e. The molecule has 0 N–H and O–H groups in total. The first kappa shape index (κ1) is 24.5. The van der Waals surface area contributed by atoms with E-state index in [9.17, 15) is 4.39 Å². The average Bonchev–Trinajstić information content (AvgIpc) is 2.98. The number of ether oxygens (including phenoxy) is 1. The van der Waals surface area contributed by atoms with Gasteiger partial charge in [-0.1, -0.05) is 48.5 Å². The second-order valence-electron chi connectivity index (χ2n) is 10.5. The van der Waals surface area contributed by atoms with Crippen LogP contribution in [0.15, 0.2) is 97.1 Å². The fourth-order valence-electron chi connectivity index (χ4n) is 5.90. The second-order valence-corrected chi connectivity index (χ2v) is 10.5. The van der Waals surface area contributed by atoms with Crippen molar-refractivity contribution < 1.29 is 9.13 Å². The fraction of sp³-hybridized carbons (Fsp3) is 0.294. The Kier molecular flexibility index (Phi) is 7.30. The third-order valence-corrected chi connectivity index (χ3v) is 7.96. The van der Waals surface area contributed by atoms with Crippen molar-refractivity contribution in [3.63, 3.8) is 0 Å². The second kappa shape index (κ2) is 11.3. The molecule has 38 heavy (non-hydrogen) atoms. The van der Waals surface area contributed by atoms with E-state index in [2.05, 4.69) is 64.4 Å². The van der Waals surface area contributed by atoms with Crippen LogP contribution in [-0.2, 0) is 19.4 Å². The highest BCUT2D eigenvalue weighted by atomic mass is 19.1. The van der Waals surface area contributed by atoms with Crippen molar-refractivity contribution in [3.8, 4) is 5.75 Å². The zero-order chi connectivity index (χ0) is 25.7.